The van der Waals surface area contributed by atoms with Gasteiger partial charge in [-0.25, -0.2) is 0 Å². The molecule has 2 aromatic rings. The van der Waals surface area contributed by atoms with Crippen LogP contribution in [0.25, 0.3) is 6.08 Å². The summed E-state index contributed by atoms with van der Waals surface area (Å²) in [5.41, 5.74) is 3.91. The summed E-state index contributed by atoms with van der Waals surface area (Å²) in [5.74, 6) is 0.154. The van der Waals surface area contributed by atoms with Crippen molar-refractivity contribution >= 4 is 11.9 Å². The zero-order valence-electron chi connectivity index (χ0n) is 12.9. The summed E-state index contributed by atoms with van der Waals surface area (Å²) < 4.78 is 5.48. The van der Waals surface area contributed by atoms with Crippen molar-refractivity contribution in [3.05, 3.63) is 76.9 Å². The van der Waals surface area contributed by atoms with Crippen LogP contribution in [-0.4, -0.2) is 37.0 Å². The van der Waals surface area contributed by atoms with Gasteiger partial charge in [0.15, 0.2) is 5.78 Å². The number of morpholine rings is 1. The number of hydrogen-bond donors (Lipinski definition) is 0. The van der Waals surface area contributed by atoms with Gasteiger partial charge in [0.2, 0.25) is 0 Å². The minimum atomic E-state index is 0.0443. The Kier molecular flexibility index (Phi) is 3.82. The molecule has 1 atom stereocenters. The van der Waals surface area contributed by atoms with Crippen LogP contribution < -0.4 is 0 Å². The van der Waals surface area contributed by atoms with Crippen LogP contribution in [0.15, 0.2) is 60.2 Å². The van der Waals surface area contributed by atoms with E-state index in [9.17, 15) is 4.79 Å². The Labute approximate surface area is 136 Å². The van der Waals surface area contributed by atoms with Crippen molar-refractivity contribution < 1.29 is 9.53 Å². The monoisotopic (exact) mass is 305 g/mol. The standard InChI is InChI=1S/C20H19NO2/c22-20-17-9-5-4-8-16(17)19(21-10-12-23-13-11-21)18(20)14-15-6-2-1-3-7-15/h1-9,14,19H,10-13H2/b18-14-. The van der Waals surface area contributed by atoms with Gasteiger partial charge in [0.25, 0.3) is 0 Å². The van der Waals surface area contributed by atoms with Gasteiger partial charge in [-0.15, -0.1) is 0 Å². The summed E-state index contributed by atoms with van der Waals surface area (Å²) in [5, 5.41) is 0. The zero-order valence-corrected chi connectivity index (χ0v) is 12.9. The normalized spacial score (nSPS) is 23.2. The largest absolute Gasteiger partial charge is 0.379 e. The second-order valence-electron chi connectivity index (χ2n) is 5.98. The highest BCUT2D eigenvalue weighted by atomic mass is 16.5. The maximum absolute atomic E-state index is 12.9. The minimum absolute atomic E-state index is 0.0443. The fourth-order valence-electron chi connectivity index (χ4n) is 3.49. The Balaban J connectivity index is 1.80. The molecular formula is C20H19NO2. The smallest absolute Gasteiger partial charge is 0.191 e. The van der Waals surface area contributed by atoms with Gasteiger partial charge in [-0.3, -0.25) is 9.69 Å². The lowest BCUT2D eigenvalue weighted by atomic mass is 10.0. The van der Waals surface area contributed by atoms with Gasteiger partial charge in [-0.1, -0.05) is 54.6 Å². The van der Waals surface area contributed by atoms with E-state index in [4.69, 9.17) is 4.74 Å². The van der Waals surface area contributed by atoms with Gasteiger partial charge in [0.1, 0.15) is 0 Å². The molecule has 3 heteroatoms. The summed E-state index contributed by atoms with van der Waals surface area (Å²) in [6.07, 6.45) is 2.04. The third-order valence-corrected chi connectivity index (χ3v) is 4.59. The molecule has 0 bridgehead atoms. The van der Waals surface area contributed by atoms with Gasteiger partial charge < -0.3 is 4.74 Å². The molecule has 0 saturated carbocycles. The molecule has 4 rings (SSSR count). The van der Waals surface area contributed by atoms with E-state index in [0.29, 0.717) is 0 Å². The van der Waals surface area contributed by atoms with Crippen LogP contribution in [0.4, 0.5) is 0 Å². The molecule has 3 nitrogen and oxygen atoms in total. The lowest BCUT2D eigenvalue weighted by molar-refractivity contribution is 0.0242. The van der Waals surface area contributed by atoms with E-state index in [2.05, 4.69) is 11.0 Å². The maximum atomic E-state index is 12.9. The number of fused-ring (bicyclic) bond motifs is 1. The molecule has 0 amide bonds. The van der Waals surface area contributed by atoms with Crippen LogP contribution in [-0.2, 0) is 4.74 Å². The second-order valence-corrected chi connectivity index (χ2v) is 5.98. The fourth-order valence-corrected chi connectivity index (χ4v) is 3.49. The Bertz CT molecular complexity index is 745. The van der Waals surface area contributed by atoms with E-state index >= 15 is 0 Å². The summed E-state index contributed by atoms with van der Waals surface area (Å²) in [4.78, 5) is 15.3. The summed E-state index contributed by atoms with van der Waals surface area (Å²) in [7, 11) is 0. The highest BCUT2D eigenvalue weighted by Crippen LogP contribution is 2.41. The molecular weight excluding hydrogens is 286 g/mol. The molecule has 2 aromatic carbocycles. The molecule has 1 fully saturated rings. The third-order valence-electron chi connectivity index (χ3n) is 4.59. The molecule has 1 aliphatic heterocycles. The molecule has 0 aromatic heterocycles. The number of Topliss-reactive ketones (excluding diaryl/α,β-unsaturated/α-hetero) is 1. The number of benzene rings is 2. The average molecular weight is 305 g/mol. The fraction of sp³-hybridized carbons (Fsp3) is 0.250. The SMILES string of the molecule is O=C1/C(=C\c2ccccc2)C(N2CCOCC2)c2ccccc21. The summed E-state index contributed by atoms with van der Waals surface area (Å²) in [6.45, 7) is 3.17. The average Bonchev–Trinajstić information content (AvgIpc) is 2.89. The van der Waals surface area contributed by atoms with Crippen molar-refractivity contribution in [1.82, 2.24) is 4.90 Å². The molecule has 1 unspecified atom stereocenters. The van der Waals surface area contributed by atoms with Crippen LogP contribution in [0, 0.1) is 0 Å². The van der Waals surface area contributed by atoms with Gasteiger partial charge >= 0.3 is 0 Å². The Morgan fingerprint density at radius 3 is 2.43 bits per heavy atom. The van der Waals surface area contributed by atoms with Crippen molar-refractivity contribution in [2.45, 2.75) is 6.04 Å². The summed E-state index contributed by atoms with van der Waals surface area (Å²) in [6, 6.07) is 18.1. The van der Waals surface area contributed by atoms with Crippen LogP contribution >= 0.6 is 0 Å². The molecule has 23 heavy (non-hydrogen) atoms. The molecule has 0 N–H and O–H groups in total. The lowest BCUT2D eigenvalue weighted by Gasteiger charge is -2.33. The van der Waals surface area contributed by atoms with Crippen molar-refractivity contribution in [2.24, 2.45) is 0 Å². The van der Waals surface area contributed by atoms with Crippen LogP contribution in [0.5, 0.6) is 0 Å². The number of ketones is 1. The number of rotatable bonds is 2. The molecule has 1 aliphatic carbocycles. The molecule has 116 valence electrons. The van der Waals surface area contributed by atoms with Crippen molar-refractivity contribution in [3.8, 4) is 0 Å². The quantitative estimate of drug-likeness (QED) is 0.797. The highest BCUT2D eigenvalue weighted by molar-refractivity contribution is 6.16. The predicted molar refractivity (Wildman–Crippen MR) is 90.3 cm³/mol. The number of nitrogens with zero attached hydrogens (tertiary/aromatic N) is 1. The zero-order chi connectivity index (χ0) is 15.6. The first kappa shape index (κ1) is 14.4. The van der Waals surface area contributed by atoms with E-state index in [1.54, 1.807) is 0 Å². The first-order valence-corrected chi connectivity index (χ1v) is 8.06. The molecule has 0 radical (unpaired) electrons. The summed E-state index contributed by atoms with van der Waals surface area (Å²) >= 11 is 0. The van der Waals surface area contributed by atoms with Gasteiger partial charge in [0, 0.05) is 24.2 Å². The van der Waals surface area contributed by atoms with Gasteiger partial charge in [0.05, 0.1) is 19.3 Å². The maximum Gasteiger partial charge on any atom is 0.191 e. The number of ether oxygens (including phenoxy) is 1. The van der Waals surface area contributed by atoms with E-state index in [0.717, 1.165) is 48.6 Å². The number of carbonyl (C=O) groups excluding carboxylic acids is 1. The van der Waals surface area contributed by atoms with E-state index < -0.39 is 0 Å². The first-order valence-electron chi connectivity index (χ1n) is 8.06. The minimum Gasteiger partial charge on any atom is -0.379 e. The molecule has 0 spiro atoms. The van der Waals surface area contributed by atoms with Gasteiger partial charge in [-0.05, 0) is 17.2 Å². The predicted octanol–water partition coefficient (Wildman–Crippen LogP) is 3.34. The topological polar surface area (TPSA) is 29.5 Å². The first-order chi connectivity index (χ1) is 11.3. The second kappa shape index (κ2) is 6.11. The van der Waals surface area contributed by atoms with Crippen LogP contribution in [0.1, 0.15) is 27.5 Å². The number of carbonyl (C=O) groups is 1. The lowest BCUT2D eigenvalue weighted by Crippen LogP contribution is -2.39. The Morgan fingerprint density at radius 1 is 0.957 bits per heavy atom. The van der Waals surface area contributed by atoms with Crippen LogP contribution in [0.2, 0.25) is 0 Å². The molecule has 1 heterocycles. The van der Waals surface area contributed by atoms with Crippen LogP contribution in [0.3, 0.4) is 0 Å². The van der Waals surface area contributed by atoms with Crippen molar-refractivity contribution in [3.63, 3.8) is 0 Å². The molecule has 1 saturated heterocycles. The van der Waals surface area contributed by atoms with E-state index in [1.165, 1.54) is 0 Å². The van der Waals surface area contributed by atoms with Crippen molar-refractivity contribution in [2.75, 3.05) is 26.3 Å². The van der Waals surface area contributed by atoms with Crippen molar-refractivity contribution in [1.29, 1.82) is 0 Å². The number of hydrogen-bond acceptors (Lipinski definition) is 3. The molecule has 2 aliphatic rings. The highest BCUT2D eigenvalue weighted by Gasteiger charge is 2.38. The Hall–Kier alpha value is -2.23. The van der Waals surface area contributed by atoms with E-state index in [1.807, 2.05) is 54.6 Å². The third kappa shape index (κ3) is 2.62. The van der Waals surface area contributed by atoms with E-state index in [-0.39, 0.29) is 11.8 Å². The Morgan fingerprint density at radius 2 is 1.65 bits per heavy atom. The van der Waals surface area contributed by atoms with Gasteiger partial charge in [-0.2, -0.15) is 0 Å².